The van der Waals surface area contributed by atoms with Gasteiger partial charge in [0.2, 0.25) is 5.91 Å². The van der Waals surface area contributed by atoms with Crippen LogP contribution < -0.4 is 24.6 Å². The Hall–Kier alpha value is -3.11. The maximum absolute atomic E-state index is 12.3. The molecule has 0 aromatic heterocycles. The van der Waals surface area contributed by atoms with Crippen molar-refractivity contribution in [3.8, 4) is 11.5 Å². The normalized spacial score (nSPS) is 13.8. The average molecular weight is 419 g/mol. The number of nitrogens with zero attached hydrogens (tertiary/aromatic N) is 1. The van der Waals surface area contributed by atoms with Crippen LogP contribution in [-0.2, 0) is 19.6 Å². The van der Waals surface area contributed by atoms with Gasteiger partial charge >= 0.3 is 0 Å². The molecule has 0 saturated heterocycles. The molecule has 3 rings (SSSR count). The van der Waals surface area contributed by atoms with E-state index >= 15 is 0 Å². The molecule has 1 aliphatic heterocycles. The van der Waals surface area contributed by atoms with Crippen LogP contribution >= 0.6 is 0 Å². The fourth-order valence-corrected chi connectivity index (χ4v) is 3.60. The summed E-state index contributed by atoms with van der Waals surface area (Å²) in [5.74, 6) is 0.0428. The number of ether oxygens (including phenoxy) is 2. The number of sulfonamides is 1. The predicted molar refractivity (Wildman–Crippen MR) is 105 cm³/mol. The highest BCUT2D eigenvalue weighted by molar-refractivity contribution is 7.89. The predicted octanol–water partition coefficient (Wildman–Crippen LogP) is 1.21. The Bertz CT molecular complexity index is 991. The number of benzene rings is 2. The highest BCUT2D eigenvalue weighted by Crippen LogP contribution is 2.30. The molecule has 0 spiro atoms. The third-order valence-corrected chi connectivity index (χ3v) is 5.37. The van der Waals surface area contributed by atoms with Crippen LogP contribution in [0.25, 0.3) is 0 Å². The van der Waals surface area contributed by atoms with E-state index in [9.17, 15) is 18.0 Å². The number of rotatable bonds is 7. The number of fused-ring (bicyclic) bond motifs is 1. The van der Waals surface area contributed by atoms with E-state index < -0.39 is 15.9 Å². The summed E-state index contributed by atoms with van der Waals surface area (Å²) >= 11 is 0. The van der Waals surface area contributed by atoms with Crippen molar-refractivity contribution in [1.82, 2.24) is 10.3 Å². The standard InChI is InChI=1S/C19H21N3O6S/c1-2-27-14-7-9-15(10-8-14)29(25,26)21-20-18(23)13-22-16-5-3-4-6-17(16)28-12-11-19(22)24/h3-10,21H,2,11-13H2,1H3,(H,20,23). The Morgan fingerprint density at radius 2 is 1.90 bits per heavy atom. The zero-order chi connectivity index (χ0) is 20.9. The van der Waals surface area contributed by atoms with Gasteiger partial charge in [-0.05, 0) is 43.3 Å². The Morgan fingerprint density at radius 3 is 2.62 bits per heavy atom. The lowest BCUT2D eigenvalue weighted by Gasteiger charge is -2.21. The second-order valence-electron chi connectivity index (χ2n) is 6.10. The molecule has 154 valence electrons. The summed E-state index contributed by atoms with van der Waals surface area (Å²) < 4.78 is 35.5. The number of hydrazine groups is 1. The summed E-state index contributed by atoms with van der Waals surface area (Å²) in [6.45, 7) is 2.13. The number of hydrogen-bond acceptors (Lipinski definition) is 6. The molecule has 9 nitrogen and oxygen atoms in total. The molecule has 1 aliphatic rings. The van der Waals surface area contributed by atoms with Gasteiger partial charge in [0.15, 0.2) is 0 Å². The van der Waals surface area contributed by atoms with Crippen molar-refractivity contribution >= 4 is 27.5 Å². The van der Waals surface area contributed by atoms with E-state index in [4.69, 9.17) is 9.47 Å². The molecule has 0 radical (unpaired) electrons. The van der Waals surface area contributed by atoms with Crippen LogP contribution in [0.1, 0.15) is 13.3 Å². The molecule has 2 aromatic carbocycles. The summed E-state index contributed by atoms with van der Waals surface area (Å²) in [5.41, 5.74) is 2.60. The molecular weight excluding hydrogens is 398 g/mol. The second-order valence-corrected chi connectivity index (χ2v) is 7.79. The number of carbonyl (C=O) groups is 2. The van der Waals surface area contributed by atoms with Crippen LogP contribution in [0.3, 0.4) is 0 Å². The molecule has 29 heavy (non-hydrogen) atoms. The van der Waals surface area contributed by atoms with Gasteiger partial charge < -0.3 is 9.47 Å². The lowest BCUT2D eigenvalue weighted by atomic mass is 10.2. The maximum atomic E-state index is 12.3. The lowest BCUT2D eigenvalue weighted by molar-refractivity contribution is -0.124. The average Bonchev–Trinajstić information content (AvgIpc) is 2.86. The van der Waals surface area contributed by atoms with Gasteiger partial charge in [0.25, 0.3) is 15.9 Å². The number of para-hydroxylation sites is 2. The zero-order valence-corrected chi connectivity index (χ0v) is 16.6. The quantitative estimate of drug-likeness (QED) is 0.652. The van der Waals surface area contributed by atoms with E-state index in [2.05, 4.69) is 5.43 Å². The van der Waals surface area contributed by atoms with Crippen LogP contribution in [-0.4, -0.2) is 40.0 Å². The highest BCUT2D eigenvalue weighted by Gasteiger charge is 2.25. The summed E-state index contributed by atoms with van der Waals surface area (Å²) in [7, 11) is -3.97. The molecule has 0 atom stereocenters. The van der Waals surface area contributed by atoms with Gasteiger partial charge in [-0.3, -0.25) is 19.9 Å². The van der Waals surface area contributed by atoms with Gasteiger partial charge in [-0.25, -0.2) is 8.42 Å². The Morgan fingerprint density at radius 1 is 1.17 bits per heavy atom. The molecule has 0 aliphatic carbocycles. The minimum absolute atomic E-state index is 0.0363. The number of hydrogen-bond donors (Lipinski definition) is 2. The molecule has 2 amide bonds. The van der Waals surface area contributed by atoms with Crippen LogP contribution in [0.5, 0.6) is 11.5 Å². The third-order valence-electron chi connectivity index (χ3n) is 4.10. The molecule has 0 bridgehead atoms. The van der Waals surface area contributed by atoms with Gasteiger partial charge in [-0.1, -0.05) is 12.1 Å². The largest absolute Gasteiger partial charge is 0.494 e. The fraction of sp³-hybridized carbons (Fsp3) is 0.263. The lowest BCUT2D eigenvalue weighted by Crippen LogP contribution is -2.47. The first-order chi connectivity index (χ1) is 13.9. The van der Waals surface area contributed by atoms with E-state index in [1.54, 1.807) is 24.3 Å². The molecule has 2 aromatic rings. The topological polar surface area (TPSA) is 114 Å². The maximum Gasteiger partial charge on any atom is 0.257 e. The SMILES string of the molecule is CCOc1ccc(S(=O)(=O)NNC(=O)CN2C(=O)CCOc3ccccc32)cc1. The van der Waals surface area contributed by atoms with Crippen molar-refractivity contribution in [3.63, 3.8) is 0 Å². The van der Waals surface area contributed by atoms with E-state index in [1.807, 2.05) is 11.8 Å². The molecule has 0 saturated carbocycles. The molecule has 10 heteroatoms. The number of nitrogens with one attached hydrogen (secondary N) is 2. The molecular formula is C19H21N3O6S. The molecule has 0 unspecified atom stereocenters. The van der Waals surface area contributed by atoms with Crippen molar-refractivity contribution < 1.29 is 27.5 Å². The summed E-state index contributed by atoms with van der Waals surface area (Å²) in [6, 6.07) is 12.6. The highest BCUT2D eigenvalue weighted by atomic mass is 32.2. The summed E-state index contributed by atoms with van der Waals surface area (Å²) in [5, 5.41) is 0. The molecule has 0 fully saturated rings. The third kappa shape index (κ3) is 5.04. The van der Waals surface area contributed by atoms with Gasteiger partial charge in [-0.15, -0.1) is 4.83 Å². The number of carbonyl (C=O) groups excluding carboxylic acids is 2. The van der Waals surface area contributed by atoms with Crippen molar-refractivity contribution in [1.29, 1.82) is 0 Å². The molecule has 2 N–H and O–H groups in total. The summed E-state index contributed by atoms with van der Waals surface area (Å²) in [6.07, 6.45) is 0.111. The van der Waals surface area contributed by atoms with Crippen molar-refractivity contribution in [2.24, 2.45) is 0 Å². The Labute approximate surface area is 168 Å². The Balaban J connectivity index is 1.65. The number of anilines is 1. The van der Waals surface area contributed by atoms with Crippen molar-refractivity contribution in [2.75, 3.05) is 24.7 Å². The van der Waals surface area contributed by atoms with E-state index in [0.29, 0.717) is 23.8 Å². The van der Waals surface area contributed by atoms with Gasteiger partial charge in [0.1, 0.15) is 18.0 Å². The summed E-state index contributed by atoms with van der Waals surface area (Å²) in [4.78, 5) is 27.9. The Kier molecular flexibility index (Phi) is 6.35. The van der Waals surface area contributed by atoms with E-state index in [0.717, 1.165) is 0 Å². The van der Waals surface area contributed by atoms with Gasteiger partial charge in [-0.2, -0.15) is 0 Å². The van der Waals surface area contributed by atoms with Gasteiger partial charge in [0, 0.05) is 0 Å². The second kappa shape index (κ2) is 8.93. The smallest absolute Gasteiger partial charge is 0.257 e. The first kappa shape index (κ1) is 20.6. The zero-order valence-electron chi connectivity index (χ0n) is 15.8. The first-order valence-electron chi connectivity index (χ1n) is 8.96. The van der Waals surface area contributed by atoms with Crippen LogP contribution in [0.15, 0.2) is 53.4 Å². The number of amides is 2. The monoisotopic (exact) mass is 419 g/mol. The minimum atomic E-state index is -3.97. The fourth-order valence-electron chi connectivity index (χ4n) is 2.74. The minimum Gasteiger partial charge on any atom is -0.494 e. The van der Waals surface area contributed by atoms with Crippen LogP contribution in [0.4, 0.5) is 5.69 Å². The van der Waals surface area contributed by atoms with Crippen LogP contribution in [0, 0.1) is 0 Å². The van der Waals surface area contributed by atoms with Crippen molar-refractivity contribution in [2.45, 2.75) is 18.2 Å². The van der Waals surface area contributed by atoms with E-state index in [1.165, 1.54) is 29.2 Å². The first-order valence-corrected chi connectivity index (χ1v) is 10.4. The van der Waals surface area contributed by atoms with Gasteiger partial charge in [0.05, 0.1) is 30.2 Å². The van der Waals surface area contributed by atoms with Crippen LogP contribution in [0.2, 0.25) is 0 Å². The van der Waals surface area contributed by atoms with E-state index in [-0.39, 0.29) is 30.4 Å². The molecule has 1 heterocycles. The van der Waals surface area contributed by atoms with Crippen molar-refractivity contribution in [3.05, 3.63) is 48.5 Å².